The summed E-state index contributed by atoms with van der Waals surface area (Å²) in [7, 11) is 0. The lowest BCUT2D eigenvalue weighted by Gasteiger charge is -2.22. The predicted octanol–water partition coefficient (Wildman–Crippen LogP) is 5.06. The van der Waals surface area contributed by atoms with Gasteiger partial charge in [-0.15, -0.1) is 10.2 Å². The first-order valence-corrected chi connectivity index (χ1v) is 11.1. The van der Waals surface area contributed by atoms with Gasteiger partial charge >= 0.3 is 0 Å². The Hall–Kier alpha value is -3.32. The smallest absolute Gasteiger partial charge is 0.211 e. The molecule has 7 heteroatoms. The number of ether oxygens (including phenoxy) is 1. The lowest BCUT2D eigenvalue weighted by molar-refractivity contribution is 0.296. The number of aromatic nitrogens is 4. The van der Waals surface area contributed by atoms with Crippen LogP contribution < -0.4 is 10.1 Å². The normalized spacial score (nSPS) is 19.3. The van der Waals surface area contributed by atoms with Crippen molar-refractivity contribution in [3.63, 3.8) is 0 Å². The molecule has 0 amide bonds. The van der Waals surface area contributed by atoms with Crippen LogP contribution in [0.1, 0.15) is 55.1 Å². The summed E-state index contributed by atoms with van der Waals surface area (Å²) in [6.45, 7) is 2.46. The van der Waals surface area contributed by atoms with E-state index in [1.165, 1.54) is 5.56 Å². The Kier molecular flexibility index (Phi) is 5.81. The first kappa shape index (κ1) is 20.6. The summed E-state index contributed by atoms with van der Waals surface area (Å²) in [6, 6.07) is 20.1. The standard InChI is InChI=1S/C25H26FN5O/c1-16(21-12-13-24(26)23-5-3-2-4-22(21)23)27-19-9-6-18(14-19)17-7-10-20(11-8-17)32-15-25-28-30-31-29-25/h2-5,7-8,10-13,16,18-19,27H,6,9,14-15H2,1H3,(H,28,29,30,31)/t16-,18?,19?/m1/s1. The monoisotopic (exact) mass is 431 g/mol. The third-order valence-corrected chi connectivity index (χ3v) is 6.40. The summed E-state index contributed by atoms with van der Waals surface area (Å²) in [6.07, 6.45) is 3.37. The Morgan fingerprint density at radius 2 is 1.88 bits per heavy atom. The SMILES string of the molecule is C[C@@H](NC1CCC(c2ccc(OCc3nn[nH]n3)cc2)C1)c1ccc(F)c2ccccc12. The molecule has 2 unspecified atom stereocenters. The van der Waals surface area contributed by atoms with E-state index in [-0.39, 0.29) is 11.9 Å². The molecule has 0 bridgehead atoms. The van der Waals surface area contributed by atoms with Gasteiger partial charge in [0.1, 0.15) is 11.6 Å². The van der Waals surface area contributed by atoms with Crippen LogP contribution in [0.3, 0.4) is 0 Å². The van der Waals surface area contributed by atoms with Crippen LogP contribution in [-0.2, 0) is 6.61 Å². The molecular formula is C25H26FN5O. The molecular weight excluding hydrogens is 405 g/mol. The molecule has 0 saturated heterocycles. The number of aromatic amines is 1. The highest BCUT2D eigenvalue weighted by Gasteiger charge is 2.27. The van der Waals surface area contributed by atoms with Crippen molar-refractivity contribution in [3.05, 3.63) is 83.4 Å². The maximum atomic E-state index is 14.2. The molecule has 32 heavy (non-hydrogen) atoms. The van der Waals surface area contributed by atoms with Crippen molar-refractivity contribution in [2.45, 2.75) is 50.8 Å². The lowest BCUT2D eigenvalue weighted by atomic mass is 9.96. The van der Waals surface area contributed by atoms with Gasteiger partial charge in [-0.3, -0.25) is 0 Å². The van der Waals surface area contributed by atoms with Crippen molar-refractivity contribution in [2.75, 3.05) is 0 Å². The maximum Gasteiger partial charge on any atom is 0.211 e. The zero-order valence-corrected chi connectivity index (χ0v) is 18.0. The fourth-order valence-electron chi connectivity index (χ4n) is 4.77. The highest BCUT2D eigenvalue weighted by Crippen LogP contribution is 2.36. The Morgan fingerprint density at radius 1 is 1.06 bits per heavy atom. The van der Waals surface area contributed by atoms with Crippen LogP contribution in [0.25, 0.3) is 10.8 Å². The topological polar surface area (TPSA) is 75.7 Å². The second-order valence-corrected chi connectivity index (χ2v) is 8.46. The number of fused-ring (bicyclic) bond motifs is 1. The fourth-order valence-corrected chi connectivity index (χ4v) is 4.77. The Balaban J connectivity index is 1.20. The van der Waals surface area contributed by atoms with Crippen molar-refractivity contribution in [3.8, 4) is 5.75 Å². The van der Waals surface area contributed by atoms with Gasteiger partial charge in [-0.05, 0) is 66.8 Å². The van der Waals surface area contributed by atoms with Crippen molar-refractivity contribution in [1.29, 1.82) is 0 Å². The minimum atomic E-state index is -0.165. The highest BCUT2D eigenvalue weighted by atomic mass is 19.1. The average molecular weight is 432 g/mol. The summed E-state index contributed by atoms with van der Waals surface area (Å²) in [4.78, 5) is 0. The molecule has 1 aromatic heterocycles. The third-order valence-electron chi connectivity index (χ3n) is 6.40. The molecule has 4 aromatic rings. The van der Waals surface area contributed by atoms with Gasteiger partial charge in [0.2, 0.25) is 5.82 Å². The maximum absolute atomic E-state index is 14.2. The van der Waals surface area contributed by atoms with Crippen LogP contribution in [0, 0.1) is 5.82 Å². The van der Waals surface area contributed by atoms with Gasteiger partial charge in [0.25, 0.3) is 0 Å². The van der Waals surface area contributed by atoms with Gasteiger partial charge in [0.15, 0.2) is 6.61 Å². The Bertz CT molecular complexity index is 1180. The van der Waals surface area contributed by atoms with E-state index in [1.54, 1.807) is 6.07 Å². The number of benzene rings is 3. The predicted molar refractivity (Wildman–Crippen MR) is 121 cm³/mol. The van der Waals surface area contributed by atoms with Gasteiger partial charge in [-0.25, -0.2) is 4.39 Å². The molecule has 3 aromatic carbocycles. The van der Waals surface area contributed by atoms with Gasteiger partial charge < -0.3 is 10.1 Å². The van der Waals surface area contributed by atoms with Crippen LogP contribution in [0.5, 0.6) is 5.75 Å². The van der Waals surface area contributed by atoms with Crippen LogP contribution in [0.2, 0.25) is 0 Å². The Labute approximate surface area is 186 Å². The number of halogens is 1. The molecule has 2 N–H and O–H groups in total. The molecule has 1 saturated carbocycles. The highest BCUT2D eigenvalue weighted by molar-refractivity contribution is 5.86. The van der Waals surface area contributed by atoms with Crippen LogP contribution in [-0.4, -0.2) is 26.7 Å². The fraction of sp³-hybridized carbons (Fsp3) is 0.320. The van der Waals surface area contributed by atoms with E-state index in [0.29, 0.717) is 29.8 Å². The van der Waals surface area contributed by atoms with Crippen LogP contribution in [0.4, 0.5) is 4.39 Å². The van der Waals surface area contributed by atoms with E-state index in [2.05, 4.69) is 45.0 Å². The van der Waals surface area contributed by atoms with Gasteiger partial charge in [-0.1, -0.05) is 47.7 Å². The van der Waals surface area contributed by atoms with Crippen molar-refractivity contribution < 1.29 is 9.13 Å². The number of nitrogens with one attached hydrogen (secondary N) is 2. The lowest BCUT2D eigenvalue weighted by Crippen LogP contribution is -2.29. The number of tetrazole rings is 1. The number of nitrogens with zero attached hydrogens (tertiary/aromatic N) is 3. The number of H-pyrrole nitrogens is 1. The first-order chi connectivity index (χ1) is 15.7. The summed E-state index contributed by atoms with van der Waals surface area (Å²) < 4.78 is 19.9. The van der Waals surface area contributed by atoms with E-state index in [4.69, 9.17) is 4.74 Å². The molecule has 3 atom stereocenters. The second-order valence-electron chi connectivity index (χ2n) is 8.46. The molecule has 1 aliphatic rings. The van der Waals surface area contributed by atoms with Crippen molar-refractivity contribution in [2.24, 2.45) is 0 Å². The molecule has 1 heterocycles. The summed E-state index contributed by atoms with van der Waals surface area (Å²) >= 11 is 0. The zero-order chi connectivity index (χ0) is 21.9. The van der Waals surface area contributed by atoms with Gasteiger partial charge in [0, 0.05) is 17.5 Å². The van der Waals surface area contributed by atoms with E-state index >= 15 is 0 Å². The molecule has 1 fully saturated rings. The molecule has 164 valence electrons. The van der Waals surface area contributed by atoms with Crippen molar-refractivity contribution >= 4 is 10.8 Å². The average Bonchev–Trinajstić information content (AvgIpc) is 3.51. The van der Waals surface area contributed by atoms with E-state index < -0.39 is 0 Å². The molecule has 1 aliphatic carbocycles. The minimum Gasteiger partial charge on any atom is -0.485 e. The molecule has 5 rings (SSSR count). The molecule has 6 nitrogen and oxygen atoms in total. The zero-order valence-electron chi connectivity index (χ0n) is 18.0. The van der Waals surface area contributed by atoms with Crippen molar-refractivity contribution in [1.82, 2.24) is 25.9 Å². The van der Waals surface area contributed by atoms with E-state index in [9.17, 15) is 4.39 Å². The molecule has 0 aliphatic heterocycles. The molecule has 0 spiro atoms. The van der Waals surface area contributed by atoms with Gasteiger partial charge in [-0.2, -0.15) is 5.21 Å². The van der Waals surface area contributed by atoms with E-state index in [1.807, 2.05) is 42.5 Å². The van der Waals surface area contributed by atoms with Gasteiger partial charge in [0.05, 0.1) is 0 Å². The summed E-state index contributed by atoms with van der Waals surface area (Å²) in [5, 5.41) is 19.2. The quantitative estimate of drug-likeness (QED) is 0.428. The second kappa shape index (κ2) is 9.04. The largest absolute Gasteiger partial charge is 0.485 e. The van der Waals surface area contributed by atoms with E-state index in [0.717, 1.165) is 36.0 Å². The minimum absolute atomic E-state index is 0.158. The molecule has 0 radical (unpaired) electrons. The number of hydrogen-bond acceptors (Lipinski definition) is 5. The number of rotatable bonds is 7. The number of hydrogen-bond donors (Lipinski definition) is 2. The van der Waals surface area contributed by atoms with Crippen LogP contribution in [0.15, 0.2) is 60.7 Å². The first-order valence-electron chi connectivity index (χ1n) is 11.1. The van der Waals surface area contributed by atoms with Crippen LogP contribution >= 0.6 is 0 Å². The summed E-state index contributed by atoms with van der Waals surface area (Å²) in [5.74, 6) is 1.68. The summed E-state index contributed by atoms with van der Waals surface area (Å²) in [5.41, 5.74) is 2.48. The third kappa shape index (κ3) is 4.34. The Morgan fingerprint density at radius 3 is 2.66 bits per heavy atom.